The van der Waals surface area contributed by atoms with Gasteiger partial charge < -0.3 is 10.2 Å². The fraction of sp³-hybridized carbons (Fsp3) is 0.550. The lowest BCUT2D eigenvalue weighted by Crippen LogP contribution is -2.46. The van der Waals surface area contributed by atoms with Crippen LogP contribution in [0.15, 0.2) is 30.3 Å². The summed E-state index contributed by atoms with van der Waals surface area (Å²) in [5.41, 5.74) is 0.225. The molecule has 3 amide bonds. The first-order valence-electron chi connectivity index (χ1n) is 9.30. The van der Waals surface area contributed by atoms with Gasteiger partial charge in [0.05, 0.1) is 6.54 Å². The Morgan fingerprint density at radius 2 is 2.00 bits per heavy atom. The van der Waals surface area contributed by atoms with E-state index in [0.717, 1.165) is 29.8 Å². The lowest BCUT2D eigenvalue weighted by atomic mass is 9.91. The zero-order chi connectivity index (χ0) is 18.7. The number of aryl methyl sites for hydroxylation is 1. The summed E-state index contributed by atoms with van der Waals surface area (Å²) in [6, 6.07) is 9.54. The third-order valence-corrected chi connectivity index (χ3v) is 5.77. The smallest absolute Gasteiger partial charge is 0.316 e. The van der Waals surface area contributed by atoms with Gasteiger partial charge in [0.25, 0.3) is 5.91 Å². The van der Waals surface area contributed by atoms with Crippen LogP contribution in [0.1, 0.15) is 31.7 Å². The van der Waals surface area contributed by atoms with E-state index in [1.807, 2.05) is 30.3 Å². The number of rotatable bonds is 6. The number of amides is 3. The molecule has 26 heavy (non-hydrogen) atoms. The average molecular weight is 357 g/mol. The van der Waals surface area contributed by atoms with Crippen molar-refractivity contribution in [1.82, 2.24) is 15.1 Å². The number of nitrogens with zero attached hydrogens (tertiary/aromatic N) is 2. The first-order chi connectivity index (χ1) is 12.4. The van der Waals surface area contributed by atoms with Gasteiger partial charge in [-0.1, -0.05) is 30.3 Å². The second kappa shape index (κ2) is 7.58. The van der Waals surface area contributed by atoms with Crippen LogP contribution in [0.25, 0.3) is 0 Å². The number of piperidine rings is 1. The number of hydrogen-bond acceptors (Lipinski definition) is 4. The molecule has 0 radical (unpaired) electrons. The molecule has 6 heteroatoms. The van der Waals surface area contributed by atoms with Crippen molar-refractivity contribution in [1.29, 1.82) is 0 Å². The van der Waals surface area contributed by atoms with E-state index < -0.39 is 5.54 Å². The molecule has 0 saturated carbocycles. The van der Waals surface area contributed by atoms with E-state index in [4.69, 9.17) is 0 Å². The predicted molar refractivity (Wildman–Crippen MR) is 98.6 cm³/mol. The number of hydrogen-bond donors (Lipinski definition) is 1. The molecule has 2 fully saturated rings. The molecule has 0 spiro atoms. The van der Waals surface area contributed by atoms with Gasteiger partial charge >= 0.3 is 6.03 Å². The van der Waals surface area contributed by atoms with E-state index in [1.165, 1.54) is 4.90 Å². The van der Waals surface area contributed by atoms with Crippen molar-refractivity contribution in [3.63, 3.8) is 0 Å². The van der Waals surface area contributed by atoms with Gasteiger partial charge in [0, 0.05) is 19.5 Å². The number of nitrogens with one attached hydrogen (secondary N) is 1. The Labute approximate surface area is 154 Å². The molecule has 2 saturated heterocycles. The predicted octanol–water partition coefficient (Wildman–Crippen LogP) is 1.84. The number of likely N-dealkylation sites (N-methyl/N-ethyl adjacent to an activating group) is 1. The minimum Gasteiger partial charge on any atom is -0.316 e. The van der Waals surface area contributed by atoms with Crippen molar-refractivity contribution in [3.05, 3.63) is 35.9 Å². The summed E-state index contributed by atoms with van der Waals surface area (Å²) < 4.78 is 0. The second-order valence-corrected chi connectivity index (χ2v) is 7.50. The quantitative estimate of drug-likeness (QED) is 0.789. The van der Waals surface area contributed by atoms with Gasteiger partial charge in [-0.3, -0.25) is 14.5 Å². The van der Waals surface area contributed by atoms with Crippen molar-refractivity contribution >= 4 is 17.7 Å². The minimum absolute atomic E-state index is 0.0281. The van der Waals surface area contributed by atoms with E-state index >= 15 is 0 Å². The summed E-state index contributed by atoms with van der Waals surface area (Å²) in [7, 11) is 1.65. The van der Waals surface area contributed by atoms with Crippen LogP contribution in [-0.2, 0) is 16.0 Å². The standard InChI is InChI=1S/C20H27N3O3/c1-20(11-10-15-7-4-3-5-8-15)18(25)23(19(26)22(20)2)14-17(24)16-9-6-12-21-13-16/h3-5,7-8,16,21H,6,9-14H2,1-2H3. The SMILES string of the molecule is CN1C(=O)N(CC(=O)C2CCCNC2)C(=O)C1(C)CCc1ccccc1. The molecule has 2 heterocycles. The first kappa shape index (κ1) is 18.6. The molecule has 6 nitrogen and oxygen atoms in total. The fourth-order valence-corrected chi connectivity index (χ4v) is 3.77. The molecule has 1 aromatic rings. The van der Waals surface area contributed by atoms with Crippen LogP contribution in [0.2, 0.25) is 0 Å². The zero-order valence-electron chi connectivity index (χ0n) is 15.5. The molecule has 2 aliphatic heterocycles. The third-order valence-electron chi connectivity index (χ3n) is 5.77. The summed E-state index contributed by atoms with van der Waals surface area (Å²) in [5, 5.41) is 3.21. The van der Waals surface area contributed by atoms with E-state index in [9.17, 15) is 14.4 Å². The molecule has 0 bridgehead atoms. The number of benzene rings is 1. The molecule has 2 unspecified atom stereocenters. The lowest BCUT2D eigenvalue weighted by Gasteiger charge is -2.28. The Morgan fingerprint density at radius 1 is 1.27 bits per heavy atom. The first-order valence-corrected chi connectivity index (χ1v) is 9.30. The van der Waals surface area contributed by atoms with Gasteiger partial charge in [-0.05, 0) is 44.7 Å². The number of ketones is 1. The largest absolute Gasteiger partial charge is 0.327 e. The molecule has 3 rings (SSSR count). The van der Waals surface area contributed by atoms with Gasteiger partial charge in [0.2, 0.25) is 0 Å². The topological polar surface area (TPSA) is 69.7 Å². The Bertz CT molecular complexity index is 685. The highest BCUT2D eigenvalue weighted by molar-refractivity contribution is 6.09. The van der Waals surface area contributed by atoms with Crippen molar-refractivity contribution in [2.75, 3.05) is 26.7 Å². The molecule has 0 aromatic heterocycles. The van der Waals surface area contributed by atoms with Crippen LogP contribution in [-0.4, -0.2) is 59.7 Å². The van der Waals surface area contributed by atoms with E-state index in [1.54, 1.807) is 14.0 Å². The molecular weight excluding hydrogens is 330 g/mol. The maximum Gasteiger partial charge on any atom is 0.327 e. The highest BCUT2D eigenvalue weighted by atomic mass is 16.2. The Kier molecular flexibility index (Phi) is 5.41. The van der Waals surface area contributed by atoms with Gasteiger partial charge in [0.15, 0.2) is 5.78 Å². The average Bonchev–Trinajstić information content (AvgIpc) is 2.84. The second-order valence-electron chi connectivity index (χ2n) is 7.50. The molecule has 1 aromatic carbocycles. The summed E-state index contributed by atoms with van der Waals surface area (Å²) in [4.78, 5) is 40.8. The Morgan fingerprint density at radius 3 is 2.65 bits per heavy atom. The van der Waals surface area contributed by atoms with Crippen LogP contribution in [0.3, 0.4) is 0 Å². The van der Waals surface area contributed by atoms with Crippen LogP contribution in [0.5, 0.6) is 0 Å². The van der Waals surface area contributed by atoms with Crippen LogP contribution < -0.4 is 5.32 Å². The maximum atomic E-state index is 13.0. The zero-order valence-corrected chi connectivity index (χ0v) is 15.5. The Balaban J connectivity index is 1.68. The molecule has 2 aliphatic rings. The summed E-state index contributed by atoms with van der Waals surface area (Å²) in [5.74, 6) is -0.400. The van der Waals surface area contributed by atoms with Crippen LogP contribution in [0.4, 0.5) is 4.79 Å². The number of carbonyl (C=O) groups excluding carboxylic acids is 3. The number of Topliss-reactive ketones (excluding diaryl/α,β-unsaturated/α-hetero) is 1. The minimum atomic E-state index is -0.905. The van der Waals surface area contributed by atoms with Gasteiger partial charge in [0.1, 0.15) is 5.54 Å². The molecule has 2 atom stereocenters. The number of carbonyl (C=O) groups is 3. The van der Waals surface area contributed by atoms with Crippen molar-refractivity contribution < 1.29 is 14.4 Å². The van der Waals surface area contributed by atoms with Crippen molar-refractivity contribution in [3.8, 4) is 0 Å². The molecule has 140 valence electrons. The molecular formula is C20H27N3O3. The Hall–Kier alpha value is -2.21. The van der Waals surface area contributed by atoms with E-state index in [0.29, 0.717) is 19.4 Å². The van der Waals surface area contributed by atoms with Crippen LogP contribution >= 0.6 is 0 Å². The van der Waals surface area contributed by atoms with Crippen LogP contribution in [0, 0.1) is 5.92 Å². The summed E-state index contributed by atoms with van der Waals surface area (Å²) >= 11 is 0. The fourth-order valence-electron chi connectivity index (χ4n) is 3.77. The summed E-state index contributed by atoms with van der Waals surface area (Å²) in [6.45, 7) is 3.24. The summed E-state index contributed by atoms with van der Waals surface area (Å²) in [6.07, 6.45) is 3.01. The highest BCUT2D eigenvalue weighted by Gasteiger charge is 2.52. The molecule has 1 N–H and O–H groups in total. The van der Waals surface area contributed by atoms with Crippen molar-refractivity contribution in [2.24, 2.45) is 5.92 Å². The molecule has 0 aliphatic carbocycles. The van der Waals surface area contributed by atoms with Gasteiger partial charge in [-0.2, -0.15) is 0 Å². The monoisotopic (exact) mass is 357 g/mol. The number of imide groups is 1. The normalized spacial score (nSPS) is 26.5. The van der Waals surface area contributed by atoms with Crippen molar-refractivity contribution in [2.45, 2.75) is 38.1 Å². The maximum absolute atomic E-state index is 13.0. The van der Waals surface area contributed by atoms with E-state index in [-0.39, 0.29) is 30.2 Å². The van der Waals surface area contributed by atoms with E-state index in [2.05, 4.69) is 5.32 Å². The highest BCUT2D eigenvalue weighted by Crippen LogP contribution is 2.31. The van der Waals surface area contributed by atoms with Gasteiger partial charge in [-0.15, -0.1) is 0 Å². The van der Waals surface area contributed by atoms with Gasteiger partial charge in [-0.25, -0.2) is 4.79 Å². The lowest BCUT2D eigenvalue weighted by molar-refractivity contribution is -0.136. The number of urea groups is 1. The third kappa shape index (κ3) is 3.51.